The van der Waals surface area contributed by atoms with E-state index in [1.54, 1.807) is 0 Å². The second kappa shape index (κ2) is 3.37. The number of hydrogen-bond acceptors (Lipinski definition) is 4. The Bertz CT molecular complexity index is 352. The number of thiophene rings is 1. The maximum absolute atomic E-state index is 11.3. The smallest absolute Gasteiger partial charge is 0.348 e. The van der Waals surface area contributed by atoms with Crippen LogP contribution in [-0.2, 0) is 11.2 Å². The summed E-state index contributed by atoms with van der Waals surface area (Å²) in [4.78, 5) is 11.9. The van der Waals surface area contributed by atoms with E-state index < -0.39 is 5.60 Å². The molecule has 1 aromatic heterocycles. The molecule has 1 aliphatic rings. The highest BCUT2D eigenvalue weighted by atomic mass is 32.1. The third-order valence-electron chi connectivity index (χ3n) is 2.46. The van der Waals surface area contributed by atoms with E-state index in [9.17, 15) is 9.90 Å². The average Bonchev–Trinajstić information content (AvgIpc) is 2.72. The maximum atomic E-state index is 11.3. The molecule has 0 unspecified atom stereocenters. The van der Waals surface area contributed by atoms with Gasteiger partial charge in [0.15, 0.2) is 0 Å². The third-order valence-corrected chi connectivity index (χ3v) is 3.40. The topological polar surface area (TPSA) is 46.5 Å². The van der Waals surface area contributed by atoms with Gasteiger partial charge in [0.05, 0.1) is 12.7 Å². The zero-order chi connectivity index (χ0) is 10.2. The Balaban J connectivity index is 2.17. The molecule has 0 aliphatic heterocycles. The number of rotatable bonds is 3. The molecule has 76 valence electrons. The fourth-order valence-corrected chi connectivity index (χ4v) is 2.26. The van der Waals surface area contributed by atoms with Gasteiger partial charge in [-0.3, -0.25) is 0 Å². The molecule has 0 atom stereocenters. The molecule has 1 aromatic rings. The highest BCUT2D eigenvalue weighted by Gasteiger charge is 2.41. The lowest BCUT2D eigenvalue weighted by Crippen LogP contribution is -2.13. The number of methoxy groups -OCH3 is 1. The van der Waals surface area contributed by atoms with Crippen molar-refractivity contribution in [2.75, 3.05) is 7.11 Å². The highest BCUT2D eigenvalue weighted by molar-refractivity contribution is 7.12. The van der Waals surface area contributed by atoms with Crippen LogP contribution in [0.5, 0.6) is 0 Å². The van der Waals surface area contributed by atoms with E-state index in [2.05, 4.69) is 4.74 Å². The van der Waals surface area contributed by atoms with Crippen LogP contribution in [0.2, 0.25) is 0 Å². The molecule has 0 saturated heterocycles. The quantitative estimate of drug-likeness (QED) is 0.774. The van der Waals surface area contributed by atoms with Gasteiger partial charge in [-0.05, 0) is 29.9 Å². The van der Waals surface area contributed by atoms with Gasteiger partial charge in [0.1, 0.15) is 4.88 Å². The fraction of sp³-hybridized carbons (Fsp3) is 0.500. The summed E-state index contributed by atoms with van der Waals surface area (Å²) in [6, 6.07) is 1.88. The Morgan fingerprint density at radius 2 is 2.43 bits per heavy atom. The van der Waals surface area contributed by atoms with Crippen molar-refractivity contribution in [2.24, 2.45) is 0 Å². The number of carbonyl (C=O) groups excluding carboxylic acids is 1. The number of carbonyl (C=O) groups is 1. The summed E-state index contributed by atoms with van der Waals surface area (Å²) >= 11 is 1.37. The lowest BCUT2D eigenvalue weighted by atomic mass is 10.1. The Morgan fingerprint density at radius 1 is 1.71 bits per heavy atom. The van der Waals surface area contributed by atoms with Crippen molar-refractivity contribution >= 4 is 17.3 Å². The van der Waals surface area contributed by atoms with Gasteiger partial charge in [0.2, 0.25) is 0 Å². The summed E-state index contributed by atoms with van der Waals surface area (Å²) in [5, 5.41) is 11.6. The Labute approximate surface area is 86.3 Å². The van der Waals surface area contributed by atoms with E-state index >= 15 is 0 Å². The first-order chi connectivity index (χ1) is 6.64. The monoisotopic (exact) mass is 212 g/mol. The van der Waals surface area contributed by atoms with Crippen LogP contribution < -0.4 is 0 Å². The van der Waals surface area contributed by atoms with Crippen LogP contribution in [0.3, 0.4) is 0 Å². The second-order valence-electron chi connectivity index (χ2n) is 3.67. The largest absolute Gasteiger partial charge is 0.465 e. The van der Waals surface area contributed by atoms with Crippen molar-refractivity contribution in [1.29, 1.82) is 0 Å². The lowest BCUT2D eigenvalue weighted by Gasteiger charge is -2.06. The van der Waals surface area contributed by atoms with Gasteiger partial charge in [-0.2, -0.15) is 0 Å². The molecule has 0 bridgehead atoms. The van der Waals surface area contributed by atoms with Crippen LogP contribution >= 0.6 is 11.3 Å². The lowest BCUT2D eigenvalue weighted by molar-refractivity contribution is 0.0604. The molecule has 0 amide bonds. The molecule has 1 fully saturated rings. The summed E-state index contributed by atoms with van der Waals surface area (Å²) in [7, 11) is 1.37. The molecule has 1 saturated carbocycles. The Kier molecular flexibility index (Phi) is 2.33. The number of ether oxygens (including phenoxy) is 1. The normalized spacial score (nSPS) is 17.9. The average molecular weight is 212 g/mol. The van der Waals surface area contributed by atoms with Crippen LogP contribution in [0.1, 0.15) is 28.1 Å². The van der Waals surface area contributed by atoms with Gasteiger partial charge in [0, 0.05) is 6.42 Å². The molecule has 4 heteroatoms. The molecule has 14 heavy (non-hydrogen) atoms. The van der Waals surface area contributed by atoms with Crippen LogP contribution in [0.25, 0.3) is 0 Å². The van der Waals surface area contributed by atoms with Crippen LogP contribution in [0.4, 0.5) is 0 Å². The van der Waals surface area contributed by atoms with E-state index in [-0.39, 0.29) is 5.97 Å². The maximum Gasteiger partial charge on any atom is 0.348 e. The molecule has 0 aromatic carbocycles. The Hall–Kier alpha value is -0.870. The van der Waals surface area contributed by atoms with Gasteiger partial charge in [-0.25, -0.2) is 4.79 Å². The van der Waals surface area contributed by atoms with Crippen molar-refractivity contribution in [1.82, 2.24) is 0 Å². The molecule has 1 aliphatic carbocycles. The second-order valence-corrected chi connectivity index (χ2v) is 4.58. The van der Waals surface area contributed by atoms with Crippen molar-refractivity contribution in [3.05, 3.63) is 21.9 Å². The molecular weight excluding hydrogens is 200 g/mol. The fourth-order valence-electron chi connectivity index (χ4n) is 1.42. The van der Waals surface area contributed by atoms with E-state index in [4.69, 9.17) is 0 Å². The molecule has 1 heterocycles. The zero-order valence-electron chi connectivity index (χ0n) is 7.95. The van der Waals surface area contributed by atoms with Crippen molar-refractivity contribution in [3.8, 4) is 0 Å². The molecule has 3 nitrogen and oxygen atoms in total. The summed E-state index contributed by atoms with van der Waals surface area (Å²) in [6.07, 6.45) is 2.24. The third kappa shape index (κ3) is 1.81. The van der Waals surface area contributed by atoms with Crippen LogP contribution in [0.15, 0.2) is 11.4 Å². The predicted octanol–water partition coefficient (Wildman–Crippen LogP) is 1.60. The minimum atomic E-state index is -0.552. The summed E-state index contributed by atoms with van der Waals surface area (Å²) < 4.78 is 4.66. The van der Waals surface area contributed by atoms with E-state index in [1.165, 1.54) is 18.4 Å². The first kappa shape index (κ1) is 9.68. The number of esters is 1. The first-order valence-corrected chi connectivity index (χ1v) is 5.40. The summed E-state index contributed by atoms with van der Waals surface area (Å²) in [6.45, 7) is 0. The van der Waals surface area contributed by atoms with E-state index in [0.717, 1.165) is 18.4 Å². The van der Waals surface area contributed by atoms with Gasteiger partial charge in [0.25, 0.3) is 0 Å². The summed E-state index contributed by atoms with van der Waals surface area (Å²) in [5.41, 5.74) is 0.353. The number of hydrogen-bond donors (Lipinski definition) is 1. The minimum absolute atomic E-state index is 0.306. The SMILES string of the molecule is COC(=O)c1sccc1CC1(O)CC1. The Morgan fingerprint density at radius 3 is 3.00 bits per heavy atom. The molecule has 2 rings (SSSR count). The first-order valence-electron chi connectivity index (χ1n) is 4.52. The van der Waals surface area contributed by atoms with Gasteiger partial charge in [-0.1, -0.05) is 0 Å². The van der Waals surface area contributed by atoms with Gasteiger partial charge in [-0.15, -0.1) is 11.3 Å². The highest BCUT2D eigenvalue weighted by Crippen LogP contribution is 2.39. The molecule has 0 radical (unpaired) electrons. The van der Waals surface area contributed by atoms with E-state index in [0.29, 0.717) is 11.3 Å². The predicted molar refractivity (Wildman–Crippen MR) is 53.5 cm³/mol. The van der Waals surface area contributed by atoms with Crippen molar-refractivity contribution < 1.29 is 14.6 Å². The zero-order valence-corrected chi connectivity index (χ0v) is 8.76. The molecular formula is C10H12O3S. The van der Waals surface area contributed by atoms with Crippen LogP contribution in [0, 0.1) is 0 Å². The molecule has 0 spiro atoms. The minimum Gasteiger partial charge on any atom is -0.465 e. The van der Waals surface area contributed by atoms with Crippen molar-refractivity contribution in [3.63, 3.8) is 0 Å². The standard InChI is InChI=1S/C10H12O3S/c1-13-9(11)8-7(2-5-14-8)6-10(12)3-4-10/h2,5,12H,3-4,6H2,1H3. The van der Waals surface area contributed by atoms with Gasteiger partial charge >= 0.3 is 5.97 Å². The number of aliphatic hydroxyl groups is 1. The van der Waals surface area contributed by atoms with Gasteiger partial charge < -0.3 is 9.84 Å². The van der Waals surface area contributed by atoms with E-state index in [1.807, 2.05) is 11.4 Å². The van der Waals surface area contributed by atoms with Crippen molar-refractivity contribution in [2.45, 2.75) is 24.9 Å². The van der Waals surface area contributed by atoms with Crippen LogP contribution in [-0.4, -0.2) is 23.8 Å². The molecule has 1 N–H and O–H groups in total. The summed E-state index contributed by atoms with van der Waals surface area (Å²) in [5.74, 6) is -0.306.